The molecule has 1 aromatic heterocycles. The highest BCUT2D eigenvalue weighted by atomic mass is 32.1. The molecule has 2 aromatic rings. The van der Waals surface area contributed by atoms with Crippen LogP contribution >= 0.6 is 11.3 Å². The second kappa shape index (κ2) is 5.43. The number of nitrogens with zero attached hydrogens (tertiary/aromatic N) is 1. The Morgan fingerprint density at radius 2 is 1.90 bits per heavy atom. The minimum absolute atomic E-state index is 0.380. The molecule has 0 N–H and O–H groups in total. The van der Waals surface area contributed by atoms with E-state index in [-0.39, 0.29) is 5.78 Å². The first kappa shape index (κ1) is 12.8. The van der Waals surface area contributed by atoms with Gasteiger partial charge < -0.3 is 4.90 Å². The third-order valence-electron chi connectivity index (χ3n) is 3.21. The lowest BCUT2D eigenvalue weighted by Gasteiger charge is -2.13. The number of ketones is 1. The van der Waals surface area contributed by atoms with E-state index in [9.17, 15) is 9.59 Å². The van der Waals surface area contributed by atoms with E-state index in [0.717, 1.165) is 10.4 Å². The molecule has 0 aliphatic carbocycles. The van der Waals surface area contributed by atoms with Crippen molar-refractivity contribution in [1.82, 2.24) is 4.90 Å². The molecular weight excluding hydrogens is 270 g/mol. The topological polar surface area (TPSA) is 37.4 Å². The molecule has 2 heterocycles. The number of thiophene rings is 1. The van der Waals surface area contributed by atoms with Crippen molar-refractivity contribution in [2.24, 2.45) is 0 Å². The van der Waals surface area contributed by atoms with E-state index in [1.54, 1.807) is 16.2 Å². The van der Waals surface area contributed by atoms with E-state index >= 15 is 0 Å². The van der Waals surface area contributed by atoms with Crippen LogP contribution in [0.4, 0.5) is 0 Å². The van der Waals surface area contributed by atoms with Crippen LogP contribution in [0.15, 0.2) is 53.4 Å². The molecule has 0 bridgehead atoms. The van der Waals surface area contributed by atoms with Gasteiger partial charge in [0.25, 0.3) is 5.91 Å². The molecule has 0 unspecified atom stereocenters. The predicted molar refractivity (Wildman–Crippen MR) is 79.2 cm³/mol. The Kier molecular flexibility index (Phi) is 3.48. The first-order valence-corrected chi connectivity index (χ1v) is 7.23. The van der Waals surface area contributed by atoms with Crippen molar-refractivity contribution in [3.8, 4) is 0 Å². The van der Waals surface area contributed by atoms with Crippen molar-refractivity contribution in [3.63, 3.8) is 0 Å². The third kappa shape index (κ3) is 2.56. The van der Waals surface area contributed by atoms with Gasteiger partial charge in [-0.3, -0.25) is 9.59 Å². The molecule has 0 atom stereocenters. The van der Waals surface area contributed by atoms with Crippen LogP contribution in [0.25, 0.3) is 6.08 Å². The van der Waals surface area contributed by atoms with Gasteiger partial charge in [0.2, 0.25) is 5.78 Å². The zero-order valence-corrected chi connectivity index (χ0v) is 11.6. The Morgan fingerprint density at radius 3 is 2.60 bits per heavy atom. The molecule has 4 heteroatoms. The monoisotopic (exact) mass is 283 g/mol. The molecule has 3 rings (SSSR count). The summed E-state index contributed by atoms with van der Waals surface area (Å²) in [5.41, 5.74) is 1.61. The molecule has 1 aliphatic rings. The number of likely N-dealkylation sites (tertiary alicyclic amines) is 1. The van der Waals surface area contributed by atoms with E-state index in [2.05, 4.69) is 0 Å². The molecule has 3 nitrogen and oxygen atoms in total. The minimum Gasteiger partial charge on any atom is -0.327 e. The van der Waals surface area contributed by atoms with Crippen LogP contribution in [-0.4, -0.2) is 23.1 Å². The van der Waals surface area contributed by atoms with Crippen molar-refractivity contribution < 1.29 is 9.59 Å². The lowest BCUT2D eigenvalue weighted by atomic mass is 10.2. The van der Waals surface area contributed by atoms with Crippen LogP contribution < -0.4 is 0 Å². The number of carbonyl (C=O) groups excluding carboxylic acids is 2. The summed E-state index contributed by atoms with van der Waals surface area (Å²) in [6.45, 7) is 0.873. The number of amides is 1. The van der Waals surface area contributed by atoms with Crippen molar-refractivity contribution in [2.75, 3.05) is 6.54 Å². The highest BCUT2D eigenvalue weighted by Crippen LogP contribution is 2.21. The number of Topliss-reactive ketones (excluding diaryl/α,β-unsaturated/α-hetero) is 1. The van der Waals surface area contributed by atoms with Gasteiger partial charge in [-0.25, -0.2) is 0 Å². The Morgan fingerprint density at radius 1 is 1.10 bits per heavy atom. The number of carbonyl (C=O) groups is 2. The third-order valence-corrected chi connectivity index (χ3v) is 4.03. The maximum atomic E-state index is 12.0. The highest BCUT2D eigenvalue weighted by molar-refractivity contribution is 7.10. The van der Waals surface area contributed by atoms with E-state index in [4.69, 9.17) is 0 Å². The number of hydrogen-bond acceptors (Lipinski definition) is 3. The van der Waals surface area contributed by atoms with Gasteiger partial charge in [-0.2, -0.15) is 0 Å². The zero-order chi connectivity index (χ0) is 13.9. The van der Waals surface area contributed by atoms with Crippen LogP contribution in [0, 0.1) is 0 Å². The maximum absolute atomic E-state index is 12.0. The molecule has 1 fully saturated rings. The Hall–Kier alpha value is -2.20. The fourth-order valence-electron chi connectivity index (χ4n) is 2.22. The largest absolute Gasteiger partial charge is 0.327 e. The summed E-state index contributed by atoms with van der Waals surface area (Å²) in [4.78, 5) is 26.6. The van der Waals surface area contributed by atoms with Crippen molar-refractivity contribution in [1.29, 1.82) is 0 Å². The summed E-state index contributed by atoms with van der Waals surface area (Å²) in [6.07, 6.45) is 1.82. The molecule has 0 radical (unpaired) electrons. The van der Waals surface area contributed by atoms with Crippen LogP contribution in [0.2, 0.25) is 0 Å². The standard InChI is InChI=1S/C16H13NO2S/c18-15-13(9-14-7-4-8-20-14)11-17(16(15)19)10-12-5-2-1-3-6-12/h1-9H,10-11H2/b13-9-. The minimum atomic E-state index is -0.406. The molecule has 0 spiro atoms. The van der Waals surface area contributed by atoms with Crippen molar-refractivity contribution >= 4 is 29.1 Å². The van der Waals surface area contributed by atoms with Crippen LogP contribution in [-0.2, 0) is 16.1 Å². The van der Waals surface area contributed by atoms with E-state index in [1.807, 2.05) is 53.9 Å². The summed E-state index contributed by atoms with van der Waals surface area (Å²) in [7, 11) is 0. The Labute approximate surface area is 121 Å². The van der Waals surface area contributed by atoms with E-state index in [1.165, 1.54) is 0 Å². The quantitative estimate of drug-likeness (QED) is 0.641. The zero-order valence-electron chi connectivity index (χ0n) is 10.8. The van der Waals surface area contributed by atoms with Crippen LogP contribution in [0.1, 0.15) is 10.4 Å². The molecular formula is C16H13NO2S. The normalized spacial score (nSPS) is 17.2. The highest BCUT2D eigenvalue weighted by Gasteiger charge is 2.33. The van der Waals surface area contributed by atoms with Gasteiger partial charge in [0.05, 0.1) is 6.54 Å². The van der Waals surface area contributed by atoms with Crippen molar-refractivity contribution in [3.05, 3.63) is 63.9 Å². The molecule has 1 aliphatic heterocycles. The number of benzene rings is 1. The predicted octanol–water partition coefficient (Wildman–Crippen LogP) is 2.74. The Balaban J connectivity index is 1.79. The van der Waals surface area contributed by atoms with Crippen molar-refractivity contribution in [2.45, 2.75) is 6.54 Å². The SMILES string of the molecule is O=C1C(=O)N(Cc2ccccc2)C/C1=C/c1cccs1. The van der Waals surface area contributed by atoms with Gasteiger partial charge in [-0.05, 0) is 23.1 Å². The van der Waals surface area contributed by atoms with Gasteiger partial charge in [-0.15, -0.1) is 11.3 Å². The van der Waals surface area contributed by atoms with Gasteiger partial charge in [0.1, 0.15) is 0 Å². The fourth-order valence-corrected chi connectivity index (χ4v) is 2.90. The summed E-state index contributed by atoms with van der Waals surface area (Å²) in [5, 5.41) is 1.95. The van der Waals surface area contributed by atoms with Gasteiger partial charge in [-0.1, -0.05) is 36.4 Å². The summed E-state index contributed by atoms with van der Waals surface area (Å²) >= 11 is 1.56. The average Bonchev–Trinajstić information content (AvgIpc) is 3.06. The molecule has 20 heavy (non-hydrogen) atoms. The lowest BCUT2D eigenvalue weighted by molar-refractivity contribution is -0.139. The Bertz CT molecular complexity index is 659. The van der Waals surface area contributed by atoms with Crippen LogP contribution in [0.5, 0.6) is 0 Å². The van der Waals surface area contributed by atoms with Gasteiger partial charge in [0.15, 0.2) is 0 Å². The van der Waals surface area contributed by atoms with E-state index < -0.39 is 5.91 Å². The van der Waals surface area contributed by atoms with Crippen LogP contribution in [0.3, 0.4) is 0 Å². The molecule has 1 saturated heterocycles. The first-order chi connectivity index (χ1) is 9.74. The second-order valence-electron chi connectivity index (χ2n) is 4.66. The molecule has 100 valence electrons. The van der Waals surface area contributed by atoms with E-state index in [0.29, 0.717) is 18.7 Å². The summed E-state index contributed by atoms with van der Waals surface area (Å²) in [6, 6.07) is 13.6. The number of hydrogen-bond donors (Lipinski definition) is 0. The molecule has 0 saturated carbocycles. The smallest absolute Gasteiger partial charge is 0.295 e. The lowest BCUT2D eigenvalue weighted by Crippen LogP contribution is -2.26. The maximum Gasteiger partial charge on any atom is 0.295 e. The van der Waals surface area contributed by atoms with Gasteiger partial charge in [0, 0.05) is 17.0 Å². The fraction of sp³-hybridized carbons (Fsp3) is 0.125. The number of rotatable bonds is 3. The second-order valence-corrected chi connectivity index (χ2v) is 5.64. The summed E-state index contributed by atoms with van der Waals surface area (Å²) < 4.78 is 0. The molecule has 1 aromatic carbocycles. The first-order valence-electron chi connectivity index (χ1n) is 6.35. The molecule has 1 amide bonds. The average molecular weight is 283 g/mol. The summed E-state index contributed by atoms with van der Waals surface area (Å²) in [5.74, 6) is -0.786. The van der Waals surface area contributed by atoms with Gasteiger partial charge >= 0.3 is 0 Å².